The van der Waals surface area contributed by atoms with Crippen LogP contribution in [-0.2, 0) is 0 Å². The van der Waals surface area contributed by atoms with Crippen molar-refractivity contribution in [3.63, 3.8) is 0 Å². The molecule has 2 amide bonds. The summed E-state index contributed by atoms with van der Waals surface area (Å²) in [4.78, 5) is 37.3. The molecule has 0 aromatic carbocycles. The van der Waals surface area contributed by atoms with Gasteiger partial charge in [0.15, 0.2) is 5.65 Å². The molecule has 8 heteroatoms. The van der Waals surface area contributed by atoms with E-state index in [1.165, 1.54) is 4.90 Å². The zero-order valence-corrected chi connectivity index (χ0v) is 16.9. The average Bonchev–Trinajstić information content (AvgIpc) is 3.17. The third kappa shape index (κ3) is 3.57. The highest BCUT2D eigenvalue weighted by Gasteiger charge is 2.28. The highest BCUT2D eigenvalue weighted by molar-refractivity contribution is 5.99. The van der Waals surface area contributed by atoms with Gasteiger partial charge in [-0.1, -0.05) is 0 Å². The predicted molar refractivity (Wildman–Crippen MR) is 108 cm³/mol. The van der Waals surface area contributed by atoms with E-state index in [0.29, 0.717) is 23.3 Å². The quantitative estimate of drug-likeness (QED) is 0.682. The first-order valence-corrected chi connectivity index (χ1v) is 9.72. The molecule has 0 bridgehead atoms. The van der Waals surface area contributed by atoms with Crippen LogP contribution >= 0.6 is 0 Å². The van der Waals surface area contributed by atoms with Crippen molar-refractivity contribution in [2.75, 3.05) is 27.2 Å². The second kappa shape index (κ2) is 7.62. The van der Waals surface area contributed by atoms with Gasteiger partial charge >= 0.3 is 0 Å². The van der Waals surface area contributed by atoms with E-state index in [9.17, 15) is 9.59 Å². The molecule has 0 radical (unpaired) electrons. The molecular formula is C21H24N6O2. The van der Waals surface area contributed by atoms with E-state index in [4.69, 9.17) is 0 Å². The Labute approximate surface area is 169 Å². The second-order valence-corrected chi connectivity index (χ2v) is 7.64. The van der Waals surface area contributed by atoms with Crippen molar-refractivity contribution in [1.82, 2.24) is 29.4 Å². The lowest BCUT2D eigenvalue weighted by Gasteiger charge is -2.33. The van der Waals surface area contributed by atoms with Crippen LogP contribution in [0.15, 0.2) is 36.8 Å². The van der Waals surface area contributed by atoms with Crippen LogP contribution < -0.4 is 0 Å². The minimum Gasteiger partial charge on any atom is -0.345 e. The highest BCUT2D eigenvalue weighted by atomic mass is 16.2. The Bertz CT molecular complexity index is 1060. The van der Waals surface area contributed by atoms with Crippen LogP contribution in [0.3, 0.4) is 0 Å². The van der Waals surface area contributed by atoms with Crippen molar-refractivity contribution in [2.24, 2.45) is 0 Å². The summed E-state index contributed by atoms with van der Waals surface area (Å²) in [7, 11) is 3.42. The molecule has 0 spiro atoms. The molecule has 1 unspecified atom stereocenters. The van der Waals surface area contributed by atoms with Crippen molar-refractivity contribution >= 4 is 17.5 Å². The molecule has 1 atom stereocenters. The van der Waals surface area contributed by atoms with E-state index in [0.717, 1.165) is 30.8 Å². The molecule has 3 aromatic heterocycles. The zero-order valence-electron chi connectivity index (χ0n) is 16.9. The van der Waals surface area contributed by atoms with Crippen molar-refractivity contribution in [3.8, 4) is 0 Å². The van der Waals surface area contributed by atoms with Crippen LogP contribution in [0.25, 0.3) is 5.65 Å². The number of rotatable bonds is 3. The lowest BCUT2D eigenvalue weighted by molar-refractivity contribution is 0.0704. The molecule has 1 aliphatic heterocycles. The maximum atomic E-state index is 12.9. The Kier molecular flexibility index (Phi) is 5.00. The van der Waals surface area contributed by atoms with Gasteiger partial charge in [0.05, 0.1) is 17.5 Å². The fraction of sp³-hybridized carbons (Fsp3) is 0.381. The molecule has 0 aliphatic carbocycles. The number of hydrogen-bond acceptors (Lipinski definition) is 5. The van der Waals surface area contributed by atoms with Crippen LogP contribution in [0, 0.1) is 6.92 Å². The summed E-state index contributed by atoms with van der Waals surface area (Å²) in [5.74, 6) is -0.00720. The molecule has 29 heavy (non-hydrogen) atoms. The van der Waals surface area contributed by atoms with Crippen LogP contribution in [0.5, 0.6) is 0 Å². The number of fused-ring (bicyclic) bond motifs is 1. The van der Waals surface area contributed by atoms with Crippen LogP contribution in [-0.4, -0.2) is 68.4 Å². The number of piperidine rings is 1. The van der Waals surface area contributed by atoms with E-state index in [1.54, 1.807) is 37.2 Å². The zero-order chi connectivity index (χ0) is 20.5. The first kappa shape index (κ1) is 19.0. The van der Waals surface area contributed by atoms with E-state index >= 15 is 0 Å². The molecule has 1 saturated heterocycles. The van der Waals surface area contributed by atoms with E-state index in [2.05, 4.69) is 15.1 Å². The minimum atomic E-state index is -0.128. The van der Waals surface area contributed by atoms with Crippen molar-refractivity contribution in [3.05, 3.63) is 59.3 Å². The van der Waals surface area contributed by atoms with Gasteiger partial charge in [0.1, 0.15) is 5.56 Å². The number of amides is 2. The van der Waals surface area contributed by atoms with Crippen LogP contribution in [0.2, 0.25) is 0 Å². The Morgan fingerprint density at radius 3 is 2.69 bits per heavy atom. The third-order valence-electron chi connectivity index (χ3n) is 5.35. The molecule has 0 N–H and O–H groups in total. The summed E-state index contributed by atoms with van der Waals surface area (Å²) >= 11 is 0. The Morgan fingerprint density at radius 1 is 1.14 bits per heavy atom. The van der Waals surface area contributed by atoms with Gasteiger partial charge in [-0.15, -0.1) is 0 Å². The summed E-state index contributed by atoms with van der Waals surface area (Å²) < 4.78 is 1.74. The lowest BCUT2D eigenvalue weighted by Crippen LogP contribution is -2.39. The molecule has 0 saturated carbocycles. The molecule has 3 aromatic rings. The molecule has 1 fully saturated rings. The number of likely N-dealkylation sites (tertiary alicyclic amines) is 1. The Balaban J connectivity index is 1.61. The Hall–Kier alpha value is -3.29. The summed E-state index contributed by atoms with van der Waals surface area (Å²) in [5.41, 5.74) is 3.49. The van der Waals surface area contributed by atoms with E-state index < -0.39 is 0 Å². The minimum absolute atomic E-state index is 0.00330. The van der Waals surface area contributed by atoms with Crippen LogP contribution in [0.1, 0.15) is 50.9 Å². The molecule has 1 aliphatic rings. The summed E-state index contributed by atoms with van der Waals surface area (Å²) in [6.45, 7) is 3.23. The fourth-order valence-corrected chi connectivity index (χ4v) is 3.79. The van der Waals surface area contributed by atoms with E-state index in [-0.39, 0.29) is 17.7 Å². The number of carbonyl (C=O) groups excluding carboxylic acids is 2. The number of aromatic nitrogens is 4. The van der Waals surface area contributed by atoms with Gasteiger partial charge < -0.3 is 9.80 Å². The summed E-state index contributed by atoms with van der Waals surface area (Å²) in [6, 6.07) is 5.61. The van der Waals surface area contributed by atoms with Gasteiger partial charge in [0.2, 0.25) is 0 Å². The monoisotopic (exact) mass is 392 g/mol. The van der Waals surface area contributed by atoms with Crippen LogP contribution in [0.4, 0.5) is 0 Å². The van der Waals surface area contributed by atoms with Gasteiger partial charge in [0.25, 0.3) is 11.8 Å². The average molecular weight is 392 g/mol. The number of pyridine rings is 1. The van der Waals surface area contributed by atoms with Crippen molar-refractivity contribution < 1.29 is 9.59 Å². The maximum absolute atomic E-state index is 12.9. The van der Waals surface area contributed by atoms with Crippen molar-refractivity contribution in [2.45, 2.75) is 25.7 Å². The first-order valence-electron chi connectivity index (χ1n) is 9.72. The van der Waals surface area contributed by atoms with Gasteiger partial charge in [0, 0.05) is 51.2 Å². The number of nitrogens with zero attached hydrogens (tertiary/aromatic N) is 6. The predicted octanol–water partition coefficient (Wildman–Crippen LogP) is 2.15. The van der Waals surface area contributed by atoms with E-state index in [1.807, 2.05) is 30.0 Å². The number of carbonyl (C=O) groups is 2. The highest BCUT2D eigenvalue weighted by Crippen LogP contribution is 2.28. The van der Waals surface area contributed by atoms with Gasteiger partial charge in [-0.3, -0.25) is 14.6 Å². The number of hydrogen-bond donors (Lipinski definition) is 0. The smallest absolute Gasteiger partial charge is 0.258 e. The molecule has 8 nitrogen and oxygen atoms in total. The largest absolute Gasteiger partial charge is 0.345 e. The fourth-order valence-electron chi connectivity index (χ4n) is 3.79. The number of aryl methyl sites for hydroxylation is 1. The van der Waals surface area contributed by atoms with Gasteiger partial charge in [-0.25, -0.2) is 9.50 Å². The molecule has 150 valence electrons. The van der Waals surface area contributed by atoms with Crippen molar-refractivity contribution in [1.29, 1.82) is 0 Å². The first-order chi connectivity index (χ1) is 14.0. The van der Waals surface area contributed by atoms with Gasteiger partial charge in [-0.2, -0.15) is 5.10 Å². The normalized spacial score (nSPS) is 16.8. The molecule has 4 rings (SSSR count). The third-order valence-corrected chi connectivity index (χ3v) is 5.35. The maximum Gasteiger partial charge on any atom is 0.258 e. The second-order valence-electron chi connectivity index (χ2n) is 7.64. The summed E-state index contributed by atoms with van der Waals surface area (Å²) in [5, 5.41) is 4.43. The topological polar surface area (TPSA) is 83.7 Å². The SMILES string of the molecule is Cc1ccc(C(=O)N2CCCC(c3ccnc4c(C(=O)N(C)C)cnn34)C2)cn1. The molecular weight excluding hydrogens is 368 g/mol. The Morgan fingerprint density at radius 2 is 1.97 bits per heavy atom. The summed E-state index contributed by atoms with van der Waals surface area (Å²) in [6.07, 6.45) is 6.77. The molecule has 4 heterocycles. The lowest BCUT2D eigenvalue weighted by atomic mass is 9.94. The standard InChI is InChI=1S/C21H24N6O2/c1-14-6-7-15(11-23-14)20(28)26-10-4-5-16(13-26)18-8-9-22-19-17(12-24-27(18)19)21(29)25(2)3/h6-9,11-12,16H,4-5,10,13H2,1-3H3. The van der Waals surface area contributed by atoms with Gasteiger partial charge in [-0.05, 0) is 38.0 Å².